The second kappa shape index (κ2) is 4.99. The second-order valence-corrected chi connectivity index (χ2v) is 5.63. The van der Waals surface area contributed by atoms with Crippen molar-refractivity contribution in [1.82, 2.24) is 9.97 Å². The Morgan fingerprint density at radius 1 is 1.21 bits per heavy atom. The van der Waals surface area contributed by atoms with Gasteiger partial charge in [-0.05, 0) is 5.92 Å². The summed E-state index contributed by atoms with van der Waals surface area (Å²) in [5.74, 6) is 0.366. The predicted octanol–water partition coefficient (Wildman–Crippen LogP) is 3.75. The fourth-order valence-electron chi connectivity index (χ4n) is 1.16. The molecule has 1 aromatic heterocycles. The minimum atomic E-state index is 0.366. The van der Waals surface area contributed by atoms with E-state index in [0.717, 1.165) is 10.6 Å². The summed E-state index contributed by atoms with van der Waals surface area (Å²) in [6.07, 6.45) is 1.53. The van der Waals surface area contributed by atoms with Crippen LogP contribution in [0.25, 0.3) is 0 Å². The van der Waals surface area contributed by atoms with Crippen molar-refractivity contribution >= 4 is 23.4 Å². The molecule has 0 aliphatic heterocycles. The number of hydrogen-bond donors (Lipinski definition) is 0. The van der Waals surface area contributed by atoms with E-state index in [0.29, 0.717) is 16.3 Å². The van der Waals surface area contributed by atoms with Gasteiger partial charge in [0.15, 0.2) is 0 Å². The first kappa shape index (κ1) is 11.8. The maximum Gasteiger partial charge on any atom is 0.137 e. The van der Waals surface area contributed by atoms with Crippen molar-refractivity contribution in [2.45, 2.75) is 43.9 Å². The van der Waals surface area contributed by atoms with Gasteiger partial charge in [-0.3, -0.25) is 0 Å². The topological polar surface area (TPSA) is 25.8 Å². The Kier molecular flexibility index (Phi) is 4.20. The summed E-state index contributed by atoms with van der Waals surface area (Å²) >= 11 is 7.78. The summed E-state index contributed by atoms with van der Waals surface area (Å²) in [5, 5.41) is 2.10. The van der Waals surface area contributed by atoms with Gasteiger partial charge in [-0.2, -0.15) is 0 Å². The predicted molar refractivity (Wildman–Crippen MR) is 62.1 cm³/mol. The van der Waals surface area contributed by atoms with Crippen LogP contribution in [0.2, 0.25) is 5.15 Å². The second-order valence-electron chi connectivity index (χ2n) is 3.70. The number of nitrogens with zero attached hydrogens (tertiary/aromatic N) is 2. The number of rotatable bonds is 3. The van der Waals surface area contributed by atoms with Crippen molar-refractivity contribution < 1.29 is 0 Å². The number of aromatic nitrogens is 2. The minimum absolute atomic E-state index is 0.366. The molecule has 0 aliphatic rings. The van der Waals surface area contributed by atoms with Crippen LogP contribution in [0.5, 0.6) is 0 Å². The van der Waals surface area contributed by atoms with E-state index in [1.54, 1.807) is 11.8 Å². The van der Waals surface area contributed by atoms with Crippen molar-refractivity contribution in [3.63, 3.8) is 0 Å². The van der Waals surface area contributed by atoms with Crippen molar-refractivity contribution in [1.29, 1.82) is 0 Å². The molecule has 0 unspecified atom stereocenters. The zero-order valence-electron chi connectivity index (χ0n) is 8.91. The third kappa shape index (κ3) is 2.85. The molecule has 4 heteroatoms. The van der Waals surface area contributed by atoms with Crippen LogP contribution in [0, 0.1) is 0 Å². The Hall–Kier alpha value is -0.280. The standard InChI is InChI=1S/C10H15ClN2S/c1-6(2)8-9(11)12-5-13-10(8)14-7(3)4/h5-7H,1-4H3. The largest absolute Gasteiger partial charge is 0.230 e. The smallest absolute Gasteiger partial charge is 0.137 e. The molecule has 0 radical (unpaired) electrons. The van der Waals surface area contributed by atoms with E-state index in [2.05, 4.69) is 37.7 Å². The van der Waals surface area contributed by atoms with Crippen molar-refractivity contribution in [3.05, 3.63) is 17.0 Å². The van der Waals surface area contributed by atoms with E-state index in [9.17, 15) is 0 Å². The molecule has 0 atom stereocenters. The van der Waals surface area contributed by atoms with E-state index >= 15 is 0 Å². The highest BCUT2D eigenvalue weighted by Crippen LogP contribution is 2.32. The Morgan fingerprint density at radius 2 is 1.86 bits per heavy atom. The van der Waals surface area contributed by atoms with Gasteiger partial charge in [-0.1, -0.05) is 39.3 Å². The maximum absolute atomic E-state index is 6.04. The van der Waals surface area contributed by atoms with Gasteiger partial charge in [0.1, 0.15) is 16.5 Å². The van der Waals surface area contributed by atoms with Gasteiger partial charge in [0, 0.05) is 10.8 Å². The van der Waals surface area contributed by atoms with Gasteiger partial charge in [0.05, 0.1) is 0 Å². The molecule has 0 N–H and O–H groups in total. The summed E-state index contributed by atoms with van der Waals surface area (Å²) in [6.45, 7) is 8.50. The Bertz CT molecular complexity index is 313. The van der Waals surface area contributed by atoms with Crippen LogP contribution in [0.1, 0.15) is 39.2 Å². The van der Waals surface area contributed by atoms with E-state index in [4.69, 9.17) is 11.6 Å². The van der Waals surface area contributed by atoms with Crippen LogP contribution >= 0.6 is 23.4 Å². The first-order chi connectivity index (χ1) is 6.52. The highest BCUT2D eigenvalue weighted by molar-refractivity contribution is 7.99. The van der Waals surface area contributed by atoms with Gasteiger partial charge in [0.2, 0.25) is 0 Å². The summed E-state index contributed by atoms with van der Waals surface area (Å²) in [5.41, 5.74) is 1.06. The zero-order valence-corrected chi connectivity index (χ0v) is 10.5. The van der Waals surface area contributed by atoms with Crippen LogP contribution in [0.3, 0.4) is 0 Å². The Balaban J connectivity index is 3.08. The van der Waals surface area contributed by atoms with Crippen LogP contribution in [0.4, 0.5) is 0 Å². The SMILES string of the molecule is CC(C)Sc1ncnc(Cl)c1C(C)C. The lowest BCUT2D eigenvalue weighted by molar-refractivity contribution is 0.801. The van der Waals surface area contributed by atoms with Crippen molar-refractivity contribution in [3.8, 4) is 0 Å². The summed E-state index contributed by atoms with van der Waals surface area (Å²) in [7, 11) is 0. The molecular formula is C10H15ClN2S. The Morgan fingerprint density at radius 3 is 2.36 bits per heavy atom. The summed E-state index contributed by atoms with van der Waals surface area (Å²) in [4.78, 5) is 8.28. The molecule has 1 heterocycles. The normalized spacial score (nSPS) is 11.4. The van der Waals surface area contributed by atoms with Crippen LogP contribution in [0.15, 0.2) is 11.4 Å². The molecule has 1 aromatic rings. The molecule has 0 saturated heterocycles. The van der Waals surface area contributed by atoms with E-state index in [-0.39, 0.29) is 0 Å². The van der Waals surface area contributed by atoms with Gasteiger partial charge >= 0.3 is 0 Å². The molecule has 0 bridgehead atoms. The third-order valence-corrected chi connectivity index (χ3v) is 3.04. The lowest BCUT2D eigenvalue weighted by Crippen LogP contribution is -2.00. The van der Waals surface area contributed by atoms with Gasteiger partial charge < -0.3 is 0 Å². The summed E-state index contributed by atoms with van der Waals surface area (Å²) in [6, 6.07) is 0. The maximum atomic E-state index is 6.04. The molecule has 0 spiro atoms. The lowest BCUT2D eigenvalue weighted by atomic mass is 10.1. The quantitative estimate of drug-likeness (QED) is 0.584. The average molecular weight is 231 g/mol. The molecule has 0 aliphatic carbocycles. The molecule has 0 saturated carbocycles. The fourth-order valence-corrected chi connectivity index (χ4v) is 2.58. The van der Waals surface area contributed by atoms with Gasteiger partial charge in [-0.25, -0.2) is 9.97 Å². The molecule has 78 valence electrons. The van der Waals surface area contributed by atoms with Crippen molar-refractivity contribution in [2.75, 3.05) is 0 Å². The molecule has 14 heavy (non-hydrogen) atoms. The van der Waals surface area contributed by atoms with Gasteiger partial charge in [-0.15, -0.1) is 11.8 Å². The molecule has 1 rings (SSSR count). The van der Waals surface area contributed by atoms with E-state index < -0.39 is 0 Å². The molecule has 0 aromatic carbocycles. The number of halogens is 1. The number of hydrogen-bond acceptors (Lipinski definition) is 3. The first-order valence-electron chi connectivity index (χ1n) is 4.69. The average Bonchev–Trinajstić information content (AvgIpc) is 2.01. The Labute approximate surface area is 94.5 Å². The van der Waals surface area contributed by atoms with E-state index in [1.165, 1.54) is 6.33 Å². The molecule has 0 amide bonds. The van der Waals surface area contributed by atoms with E-state index in [1.807, 2.05) is 0 Å². The highest BCUT2D eigenvalue weighted by atomic mass is 35.5. The minimum Gasteiger partial charge on any atom is -0.230 e. The highest BCUT2D eigenvalue weighted by Gasteiger charge is 2.14. The number of thioether (sulfide) groups is 1. The monoisotopic (exact) mass is 230 g/mol. The molecule has 0 fully saturated rings. The fraction of sp³-hybridized carbons (Fsp3) is 0.600. The van der Waals surface area contributed by atoms with Crippen LogP contribution in [-0.4, -0.2) is 15.2 Å². The van der Waals surface area contributed by atoms with Crippen LogP contribution in [-0.2, 0) is 0 Å². The molecular weight excluding hydrogens is 216 g/mol. The molecule has 2 nitrogen and oxygen atoms in total. The van der Waals surface area contributed by atoms with Crippen LogP contribution < -0.4 is 0 Å². The van der Waals surface area contributed by atoms with Gasteiger partial charge in [0.25, 0.3) is 0 Å². The zero-order chi connectivity index (χ0) is 10.7. The lowest BCUT2D eigenvalue weighted by Gasteiger charge is -2.13. The first-order valence-corrected chi connectivity index (χ1v) is 5.95. The third-order valence-electron chi connectivity index (χ3n) is 1.72. The van der Waals surface area contributed by atoms with Crippen molar-refractivity contribution in [2.24, 2.45) is 0 Å². The summed E-state index contributed by atoms with van der Waals surface area (Å²) < 4.78 is 0.